The van der Waals surface area contributed by atoms with Gasteiger partial charge in [-0.1, -0.05) is 197 Å². The second kappa shape index (κ2) is 46.8. The molecule has 0 N–H and O–H groups in total. The fourth-order valence-corrected chi connectivity index (χ4v) is 7.85. The average molecular weight is 900 g/mol. The zero-order valence-electron chi connectivity index (χ0n) is 42.4. The normalized spacial score (nSPS) is 13.2. The van der Waals surface area contributed by atoms with Crippen molar-refractivity contribution in [2.75, 3.05) is 41.0 Å². The summed E-state index contributed by atoms with van der Waals surface area (Å²) in [6.45, 7) is 4.57. The Morgan fingerprint density at radius 2 is 0.875 bits per heavy atom. The van der Waals surface area contributed by atoms with Crippen LogP contribution in [0.1, 0.15) is 239 Å². The number of rotatable bonds is 48. The average Bonchev–Trinajstić information content (AvgIpc) is 3.26. The van der Waals surface area contributed by atoms with Crippen LogP contribution in [0.5, 0.6) is 0 Å². The van der Waals surface area contributed by atoms with Crippen molar-refractivity contribution in [3.63, 3.8) is 0 Å². The van der Waals surface area contributed by atoms with E-state index < -0.39 is 18.1 Å². The largest absolute Gasteiger partial charge is 0.544 e. The van der Waals surface area contributed by atoms with Gasteiger partial charge in [0.25, 0.3) is 0 Å². The summed E-state index contributed by atoms with van der Waals surface area (Å²) < 4.78 is 17.3. The van der Waals surface area contributed by atoms with E-state index in [9.17, 15) is 19.5 Å². The molecule has 0 aromatic carbocycles. The number of carboxylic acids is 1. The van der Waals surface area contributed by atoms with E-state index >= 15 is 0 Å². The monoisotopic (exact) mass is 900 g/mol. The zero-order chi connectivity index (χ0) is 47.0. The molecule has 2 atom stereocenters. The van der Waals surface area contributed by atoms with Crippen LogP contribution in [0.3, 0.4) is 0 Å². The van der Waals surface area contributed by atoms with Crippen molar-refractivity contribution in [3.05, 3.63) is 48.6 Å². The fourth-order valence-electron chi connectivity index (χ4n) is 7.85. The topological polar surface area (TPSA) is 102 Å². The van der Waals surface area contributed by atoms with Gasteiger partial charge in [-0.2, -0.15) is 0 Å². The SMILES string of the molecule is CC/C=C\C/C=C\C/C=C\CCCCCCCCCC(=O)OC(COCCC(C(=O)[O-])[N+](C)(C)C)COC(=O)CCCCCCCCCCCCC/C=C\CCCCCCCCCC. The first kappa shape index (κ1) is 61.3. The summed E-state index contributed by atoms with van der Waals surface area (Å²) in [7, 11) is 5.42. The van der Waals surface area contributed by atoms with Gasteiger partial charge in [0.2, 0.25) is 0 Å². The molecule has 64 heavy (non-hydrogen) atoms. The number of hydrogen-bond acceptors (Lipinski definition) is 7. The van der Waals surface area contributed by atoms with E-state index in [1.807, 2.05) is 0 Å². The molecule has 8 heteroatoms. The molecule has 0 aromatic rings. The molecule has 0 aromatic heterocycles. The third-order valence-corrected chi connectivity index (χ3v) is 11.9. The Hall–Kier alpha value is -2.71. The molecule has 0 radical (unpaired) electrons. The maximum Gasteiger partial charge on any atom is 0.306 e. The first-order chi connectivity index (χ1) is 31.1. The third-order valence-electron chi connectivity index (χ3n) is 11.9. The van der Waals surface area contributed by atoms with E-state index in [-0.39, 0.29) is 42.7 Å². The number of allylic oxidation sites excluding steroid dienone is 8. The molecular formula is C56H101NO7. The lowest BCUT2D eigenvalue weighted by atomic mass is 10.0. The quantitative estimate of drug-likeness (QED) is 0.0259. The van der Waals surface area contributed by atoms with Gasteiger partial charge in [0.05, 0.1) is 40.3 Å². The Labute approximate surface area is 395 Å². The summed E-state index contributed by atoms with van der Waals surface area (Å²) in [5.41, 5.74) is 0. The standard InChI is InChI=1S/C56H101NO7/c1-6-8-10-12-14-16-18-20-22-24-25-26-27-28-29-31-32-34-36-38-40-42-44-46-54(58)63-51-52(50-62-49-48-53(56(60)61)57(3,4)5)64-55(59)47-45-43-41-39-37-35-33-30-23-21-19-17-15-13-11-9-7-2/h9,11,15,17,21,23-25,52-53H,6-8,10,12-14,16,18-20,22,26-51H2,1-5H3/b11-9-,17-15-,23-21-,25-24-. The molecule has 0 aliphatic rings. The van der Waals surface area contributed by atoms with Crippen LogP contribution in [0.2, 0.25) is 0 Å². The maximum atomic E-state index is 12.8. The highest BCUT2D eigenvalue weighted by Gasteiger charge is 2.25. The van der Waals surface area contributed by atoms with Gasteiger partial charge in [0, 0.05) is 19.3 Å². The van der Waals surface area contributed by atoms with Crippen molar-refractivity contribution in [1.29, 1.82) is 0 Å². The van der Waals surface area contributed by atoms with Gasteiger partial charge < -0.3 is 28.6 Å². The second-order valence-electron chi connectivity index (χ2n) is 19.1. The Balaban J connectivity index is 4.19. The number of nitrogens with zero attached hydrogens (tertiary/aromatic N) is 1. The number of aliphatic carboxylic acids is 1. The van der Waals surface area contributed by atoms with Gasteiger partial charge in [-0.25, -0.2) is 0 Å². The number of carbonyl (C=O) groups excluding carboxylic acids is 3. The van der Waals surface area contributed by atoms with E-state index in [4.69, 9.17) is 14.2 Å². The number of ether oxygens (including phenoxy) is 3. The predicted octanol–water partition coefficient (Wildman–Crippen LogP) is 14.2. The molecular weight excluding hydrogens is 799 g/mol. The van der Waals surface area contributed by atoms with Crippen LogP contribution in [0.4, 0.5) is 0 Å². The van der Waals surface area contributed by atoms with Gasteiger partial charge in [-0.05, 0) is 70.6 Å². The van der Waals surface area contributed by atoms with Gasteiger partial charge in [-0.15, -0.1) is 0 Å². The lowest BCUT2D eigenvalue weighted by Gasteiger charge is -2.34. The highest BCUT2D eigenvalue weighted by molar-refractivity contribution is 5.70. The molecule has 0 heterocycles. The minimum atomic E-state index is -1.13. The molecule has 0 bridgehead atoms. The van der Waals surface area contributed by atoms with E-state index in [0.717, 1.165) is 70.6 Å². The Morgan fingerprint density at radius 1 is 0.484 bits per heavy atom. The van der Waals surface area contributed by atoms with Crippen LogP contribution in [0, 0.1) is 0 Å². The fraction of sp³-hybridized carbons (Fsp3) is 0.804. The number of unbranched alkanes of at least 4 members (excludes halogenated alkanes) is 26. The molecule has 0 amide bonds. The number of carbonyl (C=O) groups is 3. The molecule has 0 fully saturated rings. The number of esters is 2. The number of quaternary nitrogens is 1. The van der Waals surface area contributed by atoms with Gasteiger partial charge in [0.15, 0.2) is 6.10 Å². The maximum absolute atomic E-state index is 12.8. The molecule has 0 aliphatic heterocycles. The summed E-state index contributed by atoms with van der Waals surface area (Å²) in [6, 6.07) is -0.729. The molecule has 0 aliphatic carbocycles. The predicted molar refractivity (Wildman–Crippen MR) is 268 cm³/mol. The summed E-state index contributed by atoms with van der Waals surface area (Å²) in [5, 5.41) is 11.7. The number of hydrogen-bond donors (Lipinski definition) is 0. The minimum Gasteiger partial charge on any atom is -0.544 e. The third kappa shape index (κ3) is 44.5. The zero-order valence-corrected chi connectivity index (χ0v) is 42.4. The molecule has 0 saturated heterocycles. The summed E-state index contributed by atoms with van der Waals surface area (Å²) in [5.74, 6) is -1.74. The van der Waals surface area contributed by atoms with Gasteiger partial charge in [0.1, 0.15) is 12.6 Å². The van der Waals surface area contributed by atoms with Crippen molar-refractivity contribution in [1.82, 2.24) is 0 Å². The molecule has 372 valence electrons. The van der Waals surface area contributed by atoms with Crippen LogP contribution in [-0.2, 0) is 28.6 Å². The van der Waals surface area contributed by atoms with Crippen molar-refractivity contribution >= 4 is 17.9 Å². The van der Waals surface area contributed by atoms with Gasteiger partial charge in [-0.3, -0.25) is 9.59 Å². The Bertz CT molecular complexity index is 1190. The van der Waals surface area contributed by atoms with Crippen LogP contribution >= 0.6 is 0 Å². The molecule has 0 spiro atoms. The highest BCUT2D eigenvalue weighted by atomic mass is 16.6. The van der Waals surface area contributed by atoms with Crippen molar-refractivity contribution in [2.24, 2.45) is 0 Å². The summed E-state index contributed by atoms with van der Waals surface area (Å²) in [6.07, 6.45) is 57.2. The lowest BCUT2D eigenvalue weighted by molar-refractivity contribution is -0.889. The van der Waals surface area contributed by atoms with Crippen molar-refractivity contribution < 1.29 is 38.2 Å². The number of likely N-dealkylation sites (N-methyl/N-ethyl adjacent to an activating group) is 1. The van der Waals surface area contributed by atoms with E-state index in [1.54, 1.807) is 21.1 Å². The van der Waals surface area contributed by atoms with E-state index in [0.29, 0.717) is 12.8 Å². The molecule has 0 rings (SSSR count). The van der Waals surface area contributed by atoms with Crippen molar-refractivity contribution in [2.45, 2.75) is 251 Å². The lowest BCUT2D eigenvalue weighted by Crippen LogP contribution is -2.55. The van der Waals surface area contributed by atoms with Crippen LogP contribution < -0.4 is 5.11 Å². The Kier molecular flexibility index (Phi) is 44.8. The summed E-state index contributed by atoms with van der Waals surface area (Å²) >= 11 is 0. The van der Waals surface area contributed by atoms with E-state index in [1.165, 1.54) is 135 Å². The second-order valence-corrected chi connectivity index (χ2v) is 19.1. The molecule has 8 nitrogen and oxygen atoms in total. The highest BCUT2D eigenvalue weighted by Crippen LogP contribution is 2.16. The first-order valence-electron chi connectivity index (χ1n) is 26.7. The van der Waals surface area contributed by atoms with Crippen molar-refractivity contribution in [3.8, 4) is 0 Å². The van der Waals surface area contributed by atoms with Crippen LogP contribution in [-0.4, -0.2) is 75.5 Å². The van der Waals surface area contributed by atoms with Gasteiger partial charge >= 0.3 is 11.9 Å². The smallest absolute Gasteiger partial charge is 0.306 e. The first-order valence-corrected chi connectivity index (χ1v) is 26.7. The number of carboxylic acid groups (broad SMARTS) is 1. The molecule has 2 unspecified atom stereocenters. The van der Waals surface area contributed by atoms with Crippen LogP contribution in [0.15, 0.2) is 48.6 Å². The van der Waals surface area contributed by atoms with E-state index in [2.05, 4.69) is 62.5 Å². The van der Waals surface area contributed by atoms with Crippen LogP contribution in [0.25, 0.3) is 0 Å². The summed E-state index contributed by atoms with van der Waals surface area (Å²) in [4.78, 5) is 37.1. The Morgan fingerprint density at radius 3 is 1.31 bits per heavy atom. The minimum absolute atomic E-state index is 0.0370. The molecule has 0 saturated carbocycles.